The molecule has 1 N–H and O–H groups in total. The van der Waals surface area contributed by atoms with Gasteiger partial charge in [0.25, 0.3) is 0 Å². The predicted molar refractivity (Wildman–Crippen MR) is 53.0 cm³/mol. The molecule has 0 spiro atoms. The van der Waals surface area contributed by atoms with Crippen LogP contribution in [0.5, 0.6) is 0 Å². The lowest BCUT2D eigenvalue weighted by atomic mass is 10.1. The lowest BCUT2D eigenvalue weighted by Crippen LogP contribution is -2.10. The Morgan fingerprint density at radius 1 is 1.27 bits per heavy atom. The van der Waals surface area contributed by atoms with Crippen LogP contribution in [-0.4, -0.2) is 21.0 Å². The van der Waals surface area contributed by atoms with Crippen LogP contribution in [0.1, 0.15) is 52.8 Å². The van der Waals surface area contributed by atoms with Gasteiger partial charge in [0.1, 0.15) is 5.82 Å². The highest BCUT2D eigenvalue weighted by Gasteiger charge is 2.30. The van der Waals surface area contributed by atoms with Gasteiger partial charge in [0.05, 0.1) is 0 Å². The minimum Gasteiger partial charge on any atom is -0.477 e. The second-order valence-corrected chi connectivity index (χ2v) is 4.29. The number of aromatic nitrogens is 2. The summed E-state index contributed by atoms with van der Waals surface area (Å²) in [4.78, 5) is 19.7. The average molecular weight is 204 g/mol. The molecule has 15 heavy (non-hydrogen) atoms. The molecule has 0 saturated heterocycles. The van der Waals surface area contributed by atoms with Gasteiger partial charge in [0.15, 0.2) is 5.69 Å². The molecule has 2 aliphatic carbocycles. The van der Waals surface area contributed by atoms with Crippen LogP contribution in [-0.2, 0) is 12.8 Å². The minimum absolute atomic E-state index is 0.249. The molecule has 1 heterocycles. The fraction of sp³-hybridized carbons (Fsp3) is 0.545. The summed E-state index contributed by atoms with van der Waals surface area (Å²) < 4.78 is 0. The molecule has 0 aromatic carbocycles. The number of aryl methyl sites for hydroxylation is 1. The monoisotopic (exact) mass is 204 g/mol. The summed E-state index contributed by atoms with van der Waals surface area (Å²) in [6, 6.07) is 0. The zero-order valence-corrected chi connectivity index (χ0v) is 8.36. The van der Waals surface area contributed by atoms with E-state index in [1.165, 1.54) is 0 Å². The van der Waals surface area contributed by atoms with E-state index in [-0.39, 0.29) is 5.69 Å². The summed E-state index contributed by atoms with van der Waals surface area (Å²) in [6.07, 6.45) is 4.97. The molecule has 1 fully saturated rings. The van der Waals surface area contributed by atoms with Gasteiger partial charge in [-0.25, -0.2) is 14.8 Å². The van der Waals surface area contributed by atoms with Crippen LogP contribution in [0.15, 0.2) is 0 Å². The van der Waals surface area contributed by atoms with Crippen molar-refractivity contribution in [2.75, 3.05) is 0 Å². The molecule has 3 rings (SSSR count). The van der Waals surface area contributed by atoms with E-state index in [1.54, 1.807) is 0 Å². The molecule has 0 radical (unpaired) electrons. The molecule has 78 valence electrons. The van der Waals surface area contributed by atoms with Gasteiger partial charge >= 0.3 is 5.97 Å². The topological polar surface area (TPSA) is 63.1 Å². The van der Waals surface area contributed by atoms with Crippen molar-refractivity contribution in [2.24, 2.45) is 0 Å². The number of aromatic carboxylic acids is 1. The molecule has 1 saturated carbocycles. The first-order valence-electron chi connectivity index (χ1n) is 5.38. The highest BCUT2D eigenvalue weighted by molar-refractivity contribution is 5.87. The molecular formula is C11H12N2O2. The van der Waals surface area contributed by atoms with E-state index >= 15 is 0 Å². The smallest absolute Gasteiger partial charge is 0.354 e. The SMILES string of the molecule is O=C(O)c1nc(C2CC2)nc2c1CCC2. The zero-order chi connectivity index (χ0) is 10.4. The van der Waals surface area contributed by atoms with Crippen LogP contribution < -0.4 is 0 Å². The third-order valence-electron chi connectivity index (χ3n) is 3.10. The molecule has 1 aromatic heterocycles. The molecule has 0 aliphatic heterocycles. The Morgan fingerprint density at radius 2 is 2.07 bits per heavy atom. The van der Waals surface area contributed by atoms with Crippen LogP contribution in [0.2, 0.25) is 0 Å². The second-order valence-electron chi connectivity index (χ2n) is 4.29. The highest BCUT2D eigenvalue weighted by Crippen LogP contribution is 2.39. The van der Waals surface area contributed by atoms with Gasteiger partial charge in [0.2, 0.25) is 0 Å². The minimum atomic E-state index is -0.905. The van der Waals surface area contributed by atoms with Crippen LogP contribution in [0, 0.1) is 0 Å². The number of hydrogen-bond acceptors (Lipinski definition) is 3. The molecule has 0 amide bonds. The van der Waals surface area contributed by atoms with Crippen molar-refractivity contribution in [1.82, 2.24) is 9.97 Å². The van der Waals surface area contributed by atoms with Gasteiger partial charge in [-0.05, 0) is 32.1 Å². The van der Waals surface area contributed by atoms with Crippen LogP contribution in [0.25, 0.3) is 0 Å². The van der Waals surface area contributed by atoms with Crippen molar-refractivity contribution in [3.63, 3.8) is 0 Å². The maximum absolute atomic E-state index is 11.1. The van der Waals surface area contributed by atoms with Crippen molar-refractivity contribution in [3.8, 4) is 0 Å². The summed E-state index contributed by atoms with van der Waals surface area (Å²) in [5.41, 5.74) is 2.09. The number of nitrogens with zero attached hydrogens (tertiary/aromatic N) is 2. The summed E-state index contributed by atoms with van der Waals surface area (Å²) in [6.45, 7) is 0. The first kappa shape index (κ1) is 8.83. The largest absolute Gasteiger partial charge is 0.477 e. The fourth-order valence-corrected chi connectivity index (χ4v) is 2.15. The quantitative estimate of drug-likeness (QED) is 0.793. The van der Waals surface area contributed by atoms with Gasteiger partial charge < -0.3 is 5.11 Å². The van der Waals surface area contributed by atoms with E-state index in [2.05, 4.69) is 9.97 Å². The molecule has 4 heteroatoms. The van der Waals surface area contributed by atoms with Crippen molar-refractivity contribution in [3.05, 3.63) is 22.8 Å². The van der Waals surface area contributed by atoms with Crippen LogP contribution in [0.3, 0.4) is 0 Å². The number of carboxylic acids is 1. The summed E-state index contributed by atoms with van der Waals surface area (Å²) >= 11 is 0. The fourth-order valence-electron chi connectivity index (χ4n) is 2.15. The Labute approximate surface area is 87.4 Å². The molecule has 1 aromatic rings. The Kier molecular flexibility index (Phi) is 1.78. The third-order valence-corrected chi connectivity index (χ3v) is 3.10. The standard InChI is InChI=1S/C11H12N2O2/c14-11(15)9-7-2-1-3-8(7)12-10(13-9)6-4-5-6/h6H,1-5H2,(H,14,15). The number of carboxylic acid groups (broad SMARTS) is 1. The van der Waals surface area contributed by atoms with Crippen molar-refractivity contribution < 1.29 is 9.90 Å². The van der Waals surface area contributed by atoms with Gasteiger partial charge in [0, 0.05) is 17.2 Å². The first-order chi connectivity index (χ1) is 7.25. The maximum atomic E-state index is 11.1. The zero-order valence-electron chi connectivity index (χ0n) is 8.36. The van der Waals surface area contributed by atoms with Gasteiger partial charge in [-0.15, -0.1) is 0 Å². The van der Waals surface area contributed by atoms with Gasteiger partial charge in [-0.2, -0.15) is 0 Å². The number of rotatable bonds is 2. The molecule has 0 bridgehead atoms. The van der Waals surface area contributed by atoms with E-state index in [1.807, 2.05) is 0 Å². The Bertz CT molecular complexity index is 438. The Hall–Kier alpha value is -1.45. The van der Waals surface area contributed by atoms with E-state index < -0.39 is 5.97 Å². The second kappa shape index (κ2) is 3.02. The average Bonchev–Trinajstić information content (AvgIpc) is 2.95. The summed E-state index contributed by atoms with van der Waals surface area (Å²) in [5, 5.41) is 9.09. The van der Waals surface area contributed by atoms with Gasteiger partial charge in [-0.3, -0.25) is 0 Å². The summed E-state index contributed by atoms with van der Waals surface area (Å²) in [7, 11) is 0. The first-order valence-corrected chi connectivity index (χ1v) is 5.38. The normalized spacial score (nSPS) is 18.9. The van der Waals surface area contributed by atoms with E-state index in [0.29, 0.717) is 5.92 Å². The lowest BCUT2D eigenvalue weighted by Gasteiger charge is -2.05. The molecule has 0 unspecified atom stereocenters. The van der Waals surface area contributed by atoms with Crippen LogP contribution >= 0.6 is 0 Å². The number of fused-ring (bicyclic) bond motifs is 1. The lowest BCUT2D eigenvalue weighted by molar-refractivity contribution is 0.0688. The predicted octanol–water partition coefficient (Wildman–Crippen LogP) is 1.54. The molecule has 2 aliphatic rings. The van der Waals surface area contributed by atoms with E-state index in [4.69, 9.17) is 5.11 Å². The van der Waals surface area contributed by atoms with Crippen molar-refractivity contribution in [2.45, 2.75) is 38.0 Å². The molecular weight excluding hydrogens is 192 g/mol. The van der Waals surface area contributed by atoms with E-state index in [9.17, 15) is 4.79 Å². The Morgan fingerprint density at radius 3 is 2.73 bits per heavy atom. The van der Waals surface area contributed by atoms with Gasteiger partial charge in [-0.1, -0.05) is 0 Å². The van der Waals surface area contributed by atoms with Crippen LogP contribution in [0.4, 0.5) is 0 Å². The number of carbonyl (C=O) groups is 1. The maximum Gasteiger partial charge on any atom is 0.354 e. The third kappa shape index (κ3) is 1.40. The molecule has 0 atom stereocenters. The van der Waals surface area contributed by atoms with E-state index in [0.717, 1.165) is 49.2 Å². The van der Waals surface area contributed by atoms with Crippen molar-refractivity contribution in [1.29, 1.82) is 0 Å². The summed E-state index contributed by atoms with van der Waals surface area (Å²) in [5.74, 6) is 0.277. The highest BCUT2D eigenvalue weighted by atomic mass is 16.4. The molecule has 4 nitrogen and oxygen atoms in total. The van der Waals surface area contributed by atoms with Crippen molar-refractivity contribution >= 4 is 5.97 Å². The number of hydrogen-bond donors (Lipinski definition) is 1. The Balaban J connectivity index is 2.14.